The SMILES string of the molecule is COCCN=C(/N=C/N)N[C@H](NC(=O)c1c(Cl)cc(CCC(O)c2cccc(O)c2)cc1Cl)C(=O)O. The maximum atomic E-state index is 12.8. The Hall–Kier alpha value is -3.38. The zero-order chi connectivity index (χ0) is 26.7. The molecule has 1 unspecified atom stereocenters. The summed E-state index contributed by atoms with van der Waals surface area (Å²) in [7, 11) is 1.48. The number of benzene rings is 2. The summed E-state index contributed by atoms with van der Waals surface area (Å²) in [5.74, 6) is -2.34. The summed E-state index contributed by atoms with van der Waals surface area (Å²) in [5.41, 5.74) is 6.36. The molecule has 13 heteroatoms. The van der Waals surface area contributed by atoms with Crippen molar-refractivity contribution in [1.29, 1.82) is 0 Å². The fourth-order valence-corrected chi connectivity index (χ4v) is 3.82. The Labute approximate surface area is 217 Å². The summed E-state index contributed by atoms with van der Waals surface area (Å²) in [4.78, 5) is 32.3. The topological polar surface area (TPSA) is 179 Å². The van der Waals surface area contributed by atoms with E-state index in [1.807, 2.05) is 0 Å². The number of nitrogens with zero attached hydrogens (tertiary/aromatic N) is 2. The van der Waals surface area contributed by atoms with Gasteiger partial charge < -0.3 is 36.4 Å². The molecule has 0 aliphatic heterocycles. The van der Waals surface area contributed by atoms with Crippen molar-refractivity contribution in [2.24, 2.45) is 15.7 Å². The molecule has 11 nitrogen and oxygen atoms in total. The van der Waals surface area contributed by atoms with Crippen molar-refractivity contribution in [3.63, 3.8) is 0 Å². The fraction of sp³-hybridized carbons (Fsp3) is 0.304. The lowest BCUT2D eigenvalue weighted by molar-refractivity contribution is -0.139. The second-order valence-corrected chi connectivity index (χ2v) is 8.26. The van der Waals surface area contributed by atoms with Gasteiger partial charge in [0, 0.05) is 7.11 Å². The maximum Gasteiger partial charge on any atom is 0.347 e. The molecule has 2 atom stereocenters. The molecule has 0 heterocycles. The van der Waals surface area contributed by atoms with Gasteiger partial charge in [-0.3, -0.25) is 4.79 Å². The number of ether oxygens (including phenoxy) is 1. The van der Waals surface area contributed by atoms with E-state index in [-0.39, 0.29) is 40.5 Å². The van der Waals surface area contributed by atoms with Crippen LogP contribution in [0.25, 0.3) is 0 Å². The number of phenolic OH excluding ortho intramolecular Hbond substituents is 1. The number of phenols is 1. The van der Waals surface area contributed by atoms with Gasteiger partial charge in [0.1, 0.15) is 5.75 Å². The number of carboxylic acid groups (broad SMARTS) is 1. The lowest BCUT2D eigenvalue weighted by atomic mass is 10.00. The Morgan fingerprint density at radius 3 is 2.47 bits per heavy atom. The Balaban J connectivity index is 2.12. The highest BCUT2D eigenvalue weighted by Gasteiger charge is 2.25. The predicted molar refractivity (Wildman–Crippen MR) is 137 cm³/mol. The van der Waals surface area contributed by atoms with Crippen LogP contribution in [0.3, 0.4) is 0 Å². The van der Waals surface area contributed by atoms with Crippen LogP contribution in [0.5, 0.6) is 5.75 Å². The van der Waals surface area contributed by atoms with E-state index in [0.717, 1.165) is 6.34 Å². The number of aliphatic hydroxyl groups excluding tert-OH is 1. The summed E-state index contributed by atoms with van der Waals surface area (Å²) in [6.45, 7) is 0.438. The van der Waals surface area contributed by atoms with E-state index >= 15 is 0 Å². The summed E-state index contributed by atoms with van der Waals surface area (Å²) in [6, 6.07) is 9.32. The number of aromatic hydroxyl groups is 1. The van der Waals surface area contributed by atoms with Crippen LogP contribution in [0.1, 0.15) is 34.0 Å². The number of aliphatic imine (C=N–C) groups is 2. The van der Waals surface area contributed by atoms with Crippen LogP contribution in [0.2, 0.25) is 10.0 Å². The molecule has 0 aromatic heterocycles. The molecule has 0 radical (unpaired) electrons. The lowest BCUT2D eigenvalue weighted by Crippen LogP contribution is -2.52. The van der Waals surface area contributed by atoms with E-state index < -0.39 is 24.1 Å². The minimum Gasteiger partial charge on any atom is -0.508 e. The molecule has 0 bridgehead atoms. The van der Waals surface area contributed by atoms with Gasteiger partial charge in [-0.25, -0.2) is 14.8 Å². The maximum absolute atomic E-state index is 12.8. The van der Waals surface area contributed by atoms with Crippen LogP contribution in [0, 0.1) is 0 Å². The normalized spacial score (nSPS) is 13.4. The van der Waals surface area contributed by atoms with E-state index in [2.05, 4.69) is 20.6 Å². The number of carbonyl (C=O) groups excluding carboxylic acids is 1. The zero-order valence-corrected chi connectivity index (χ0v) is 20.8. The monoisotopic (exact) mass is 539 g/mol. The number of amides is 1. The van der Waals surface area contributed by atoms with E-state index in [0.29, 0.717) is 24.0 Å². The second kappa shape index (κ2) is 14.2. The molecule has 7 N–H and O–H groups in total. The minimum absolute atomic E-state index is 0.0000479. The quantitative estimate of drug-likeness (QED) is 0.109. The molecule has 0 saturated heterocycles. The van der Waals surface area contributed by atoms with Crippen LogP contribution in [-0.2, 0) is 16.0 Å². The van der Waals surface area contributed by atoms with Gasteiger partial charge in [0.25, 0.3) is 5.91 Å². The molecule has 36 heavy (non-hydrogen) atoms. The molecule has 2 aromatic rings. The Morgan fingerprint density at radius 1 is 1.19 bits per heavy atom. The highest BCUT2D eigenvalue weighted by molar-refractivity contribution is 6.39. The lowest BCUT2D eigenvalue weighted by Gasteiger charge is -2.18. The summed E-state index contributed by atoms with van der Waals surface area (Å²) < 4.78 is 4.88. The summed E-state index contributed by atoms with van der Waals surface area (Å²) in [5, 5.41) is 34.2. The van der Waals surface area contributed by atoms with Gasteiger partial charge in [-0.2, -0.15) is 0 Å². The largest absolute Gasteiger partial charge is 0.508 e. The third-order valence-electron chi connectivity index (χ3n) is 4.84. The van der Waals surface area contributed by atoms with Crippen LogP contribution >= 0.6 is 23.2 Å². The highest BCUT2D eigenvalue weighted by atomic mass is 35.5. The number of halogens is 2. The summed E-state index contributed by atoms with van der Waals surface area (Å²) in [6.07, 6.45) is -0.860. The number of rotatable bonds is 11. The number of aliphatic hydroxyl groups is 1. The Morgan fingerprint density at radius 2 is 1.89 bits per heavy atom. The van der Waals surface area contributed by atoms with Crippen molar-refractivity contribution in [1.82, 2.24) is 10.6 Å². The van der Waals surface area contributed by atoms with Gasteiger partial charge in [-0.15, -0.1) is 0 Å². The van der Waals surface area contributed by atoms with Gasteiger partial charge in [0.05, 0.1) is 41.2 Å². The number of carboxylic acids is 1. The molecule has 2 aromatic carbocycles. The van der Waals surface area contributed by atoms with Crippen LogP contribution in [0.4, 0.5) is 0 Å². The van der Waals surface area contributed by atoms with Crippen LogP contribution in [-0.4, -0.2) is 65.9 Å². The third kappa shape index (κ3) is 8.68. The molecule has 0 aliphatic rings. The molecular weight excluding hydrogens is 513 g/mol. The van der Waals surface area contributed by atoms with Gasteiger partial charge in [-0.1, -0.05) is 35.3 Å². The number of aryl methyl sites for hydroxylation is 1. The van der Waals surface area contributed by atoms with Crippen LogP contribution in [0.15, 0.2) is 46.4 Å². The van der Waals surface area contributed by atoms with E-state index in [1.54, 1.807) is 12.1 Å². The van der Waals surface area contributed by atoms with E-state index in [4.69, 9.17) is 33.7 Å². The molecule has 0 aliphatic carbocycles. The minimum atomic E-state index is -1.62. The number of aliphatic carboxylic acids is 1. The van der Waals surface area contributed by atoms with Crippen molar-refractivity contribution in [2.45, 2.75) is 25.1 Å². The number of carbonyl (C=O) groups is 2. The number of guanidine groups is 1. The number of methoxy groups -OCH3 is 1. The molecule has 2 rings (SSSR count). The Kier molecular flexibility index (Phi) is 11.4. The molecule has 0 saturated carbocycles. The Bertz CT molecular complexity index is 1100. The standard InChI is InChI=1S/C23H27Cl2N5O6/c1-36-8-7-27-23(28-12-26)30-20(22(34)35)29-21(33)19-16(24)9-13(10-17(19)25)5-6-18(32)14-3-2-4-15(31)11-14/h2-4,9-12,18,20,31-32H,5-8H2,1H3,(H,29,33)(H,34,35)(H3,26,27,28,30)/t18?,20-/m0/s1. The first-order valence-corrected chi connectivity index (χ1v) is 11.4. The average molecular weight is 540 g/mol. The van der Waals surface area contributed by atoms with Gasteiger partial charge in [-0.05, 0) is 48.2 Å². The first-order valence-electron chi connectivity index (χ1n) is 10.7. The average Bonchev–Trinajstić information content (AvgIpc) is 2.81. The van der Waals surface area contributed by atoms with Gasteiger partial charge >= 0.3 is 5.97 Å². The third-order valence-corrected chi connectivity index (χ3v) is 5.44. The molecular formula is C23H27Cl2N5O6. The smallest absolute Gasteiger partial charge is 0.347 e. The fourth-order valence-electron chi connectivity index (χ4n) is 3.12. The number of hydrogen-bond donors (Lipinski definition) is 6. The molecule has 0 fully saturated rings. The van der Waals surface area contributed by atoms with Crippen molar-refractivity contribution in [2.75, 3.05) is 20.3 Å². The highest BCUT2D eigenvalue weighted by Crippen LogP contribution is 2.29. The van der Waals surface area contributed by atoms with E-state index in [9.17, 15) is 24.9 Å². The molecule has 194 valence electrons. The number of nitrogens with two attached hydrogens (primary N) is 1. The van der Waals surface area contributed by atoms with Gasteiger partial charge in [0.2, 0.25) is 12.1 Å². The van der Waals surface area contributed by atoms with E-state index in [1.165, 1.54) is 31.4 Å². The predicted octanol–water partition coefficient (Wildman–Crippen LogP) is 2.08. The van der Waals surface area contributed by atoms with Gasteiger partial charge in [0.15, 0.2) is 0 Å². The van der Waals surface area contributed by atoms with Crippen molar-refractivity contribution in [3.8, 4) is 5.75 Å². The molecule has 1 amide bonds. The second-order valence-electron chi connectivity index (χ2n) is 7.45. The van der Waals surface area contributed by atoms with Crippen LogP contribution < -0.4 is 16.4 Å². The van der Waals surface area contributed by atoms with Crippen molar-refractivity contribution < 1.29 is 29.6 Å². The molecule has 0 spiro atoms. The number of nitrogens with one attached hydrogen (secondary N) is 2. The first-order chi connectivity index (χ1) is 17.2. The first kappa shape index (κ1) is 28.9. The van der Waals surface area contributed by atoms with Crippen molar-refractivity contribution in [3.05, 3.63) is 63.1 Å². The number of hydrogen-bond acceptors (Lipinski definition) is 6. The summed E-state index contributed by atoms with van der Waals surface area (Å²) >= 11 is 12.6. The van der Waals surface area contributed by atoms with Crippen molar-refractivity contribution >= 4 is 47.4 Å². The zero-order valence-electron chi connectivity index (χ0n) is 19.3.